The zero-order valence-electron chi connectivity index (χ0n) is 19.7. The predicted molar refractivity (Wildman–Crippen MR) is 145 cm³/mol. The minimum absolute atomic E-state index is 0.287. The molecule has 3 heterocycles. The molecule has 0 aliphatic rings. The Morgan fingerprint density at radius 3 is 2.86 bits per heavy atom. The summed E-state index contributed by atoms with van der Waals surface area (Å²) < 4.78 is 11.5. The number of para-hydroxylation sites is 1. The average molecular weight is 504 g/mol. The smallest absolute Gasteiger partial charge is 0.146 e. The highest BCUT2D eigenvalue weighted by molar-refractivity contribution is 8.01. The molecule has 1 N–H and O–H groups in total. The van der Waals surface area contributed by atoms with Gasteiger partial charge in [-0.05, 0) is 48.7 Å². The summed E-state index contributed by atoms with van der Waals surface area (Å²) in [4.78, 5) is 10.0. The van der Waals surface area contributed by atoms with Crippen LogP contribution in [0.15, 0.2) is 85.2 Å². The summed E-state index contributed by atoms with van der Waals surface area (Å²) in [6.07, 6.45) is 10.6. The lowest BCUT2D eigenvalue weighted by molar-refractivity contribution is 0.308. The first-order chi connectivity index (χ1) is 17.0. The number of nitrogens with zero attached hydrogens (tertiary/aromatic N) is 4. The zero-order valence-corrected chi connectivity index (χ0v) is 21.2. The van der Waals surface area contributed by atoms with E-state index in [1.807, 2.05) is 42.9 Å². The molecular weight excluding hydrogens is 478 g/mol. The second-order valence-electron chi connectivity index (χ2n) is 7.78. The second-order valence-corrected chi connectivity index (χ2v) is 9.15. The molecule has 1 aromatic carbocycles. The van der Waals surface area contributed by atoms with Crippen LogP contribution in [0.25, 0.3) is 22.2 Å². The van der Waals surface area contributed by atoms with Crippen LogP contribution >= 0.6 is 23.5 Å². The number of fused-ring (bicyclic) bond motifs is 1. The van der Waals surface area contributed by atoms with E-state index in [9.17, 15) is 0 Å². The van der Waals surface area contributed by atoms with E-state index in [-0.39, 0.29) is 6.61 Å². The normalized spacial score (nSPS) is 11.6. The van der Waals surface area contributed by atoms with Crippen LogP contribution in [-0.2, 0) is 20.2 Å². The lowest BCUT2D eigenvalue weighted by Gasteiger charge is -2.15. The van der Waals surface area contributed by atoms with Gasteiger partial charge in [0.1, 0.15) is 17.9 Å². The lowest BCUT2D eigenvalue weighted by atomic mass is 10.0. The molecule has 3 aromatic heterocycles. The Bertz CT molecular complexity index is 1410. The minimum Gasteiger partial charge on any atom is -0.487 e. The molecule has 0 bridgehead atoms. The number of hydrogen-bond donors (Lipinski definition) is 1. The van der Waals surface area contributed by atoms with Gasteiger partial charge >= 0.3 is 0 Å². The molecule has 0 amide bonds. The van der Waals surface area contributed by atoms with Crippen molar-refractivity contribution in [2.45, 2.75) is 20.1 Å². The maximum Gasteiger partial charge on any atom is 0.146 e. The molecule has 0 radical (unpaired) electrons. The second kappa shape index (κ2) is 11.4. The van der Waals surface area contributed by atoms with Crippen molar-refractivity contribution in [3.05, 3.63) is 107 Å². The highest BCUT2D eigenvalue weighted by Crippen LogP contribution is 2.33. The maximum absolute atomic E-state index is 6.52. The lowest BCUT2D eigenvalue weighted by Crippen LogP contribution is -2.09. The molecule has 0 aliphatic heterocycles. The molecule has 35 heavy (non-hydrogen) atoms. The first kappa shape index (κ1) is 24.7. The van der Waals surface area contributed by atoms with Gasteiger partial charge in [-0.2, -0.15) is 5.10 Å². The fraction of sp³-hybridized carbons (Fsp3) is 0.148. The number of ether oxygens (including phenoxy) is 1. The van der Waals surface area contributed by atoms with E-state index in [0.29, 0.717) is 17.3 Å². The monoisotopic (exact) mass is 503 g/mol. The van der Waals surface area contributed by atoms with Gasteiger partial charge in [-0.3, -0.25) is 14.4 Å². The number of halogens is 1. The molecule has 0 spiro atoms. The number of hydrogen-bond acceptors (Lipinski definition) is 6. The first-order valence-corrected chi connectivity index (χ1v) is 12.2. The van der Waals surface area contributed by atoms with Gasteiger partial charge in [0.2, 0.25) is 0 Å². The van der Waals surface area contributed by atoms with Crippen LogP contribution in [0.5, 0.6) is 5.75 Å². The Morgan fingerprint density at radius 1 is 1.26 bits per heavy atom. The Morgan fingerprint density at radius 2 is 2.11 bits per heavy atom. The molecule has 178 valence electrons. The van der Waals surface area contributed by atoms with Gasteiger partial charge < -0.3 is 4.74 Å². The zero-order chi connectivity index (χ0) is 24.8. The van der Waals surface area contributed by atoms with E-state index in [2.05, 4.69) is 40.1 Å². The summed E-state index contributed by atoms with van der Waals surface area (Å²) in [7, 11) is 1.93. The van der Waals surface area contributed by atoms with Crippen molar-refractivity contribution in [3.8, 4) is 17.0 Å². The van der Waals surface area contributed by atoms with Gasteiger partial charge in [-0.25, -0.2) is 4.98 Å². The number of allylic oxidation sites excluding steroid dienone is 3. The van der Waals surface area contributed by atoms with Crippen LogP contribution in [-0.4, -0.2) is 19.7 Å². The average Bonchev–Trinajstić information content (AvgIpc) is 3.28. The van der Waals surface area contributed by atoms with Gasteiger partial charge in [0.05, 0.1) is 10.7 Å². The van der Waals surface area contributed by atoms with E-state index in [1.165, 1.54) is 11.9 Å². The molecule has 6 nitrogen and oxygen atoms in total. The van der Waals surface area contributed by atoms with Gasteiger partial charge in [0.15, 0.2) is 0 Å². The molecule has 0 saturated carbocycles. The van der Waals surface area contributed by atoms with Gasteiger partial charge in [0, 0.05) is 59.3 Å². The first-order valence-electron chi connectivity index (χ1n) is 11.0. The van der Waals surface area contributed by atoms with E-state index < -0.39 is 0 Å². The third-order valence-electron chi connectivity index (χ3n) is 5.43. The topological polar surface area (TPSA) is 64.9 Å². The van der Waals surface area contributed by atoms with Crippen LogP contribution in [0.2, 0.25) is 5.02 Å². The van der Waals surface area contributed by atoms with Crippen molar-refractivity contribution in [1.29, 1.82) is 0 Å². The van der Waals surface area contributed by atoms with E-state index in [0.717, 1.165) is 43.9 Å². The fourth-order valence-corrected chi connectivity index (χ4v) is 4.61. The van der Waals surface area contributed by atoms with Crippen LogP contribution in [0.1, 0.15) is 16.8 Å². The SMILES string of the molecule is C=C/C=C(\C=C)SNCc1cncc(Cl)c1COc1cccc2c(-c3ccnn3C)cc(C)nc12. The number of benzene rings is 1. The molecule has 4 rings (SSSR count). The number of pyridine rings is 2. The van der Waals surface area contributed by atoms with Crippen LogP contribution in [0, 0.1) is 6.92 Å². The van der Waals surface area contributed by atoms with Crippen molar-refractivity contribution < 1.29 is 4.74 Å². The molecular formula is C27H26ClN5OS. The summed E-state index contributed by atoms with van der Waals surface area (Å²) in [6, 6.07) is 10.0. The van der Waals surface area contributed by atoms with Crippen molar-refractivity contribution in [2.75, 3.05) is 0 Å². The van der Waals surface area contributed by atoms with Crippen LogP contribution < -0.4 is 9.46 Å². The molecule has 0 saturated heterocycles. The Labute approximate surface area is 214 Å². The van der Waals surface area contributed by atoms with Crippen LogP contribution in [0.4, 0.5) is 0 Å². The molecule has 0 aliphatic carbocycles. The highest BCUT2D eigenvalue weighted by atomic mass is 35.5. The molecule has 4 aromatic rings. The van der Waals surface area contributed by atoms with Gasteiger partial charge in [-0.1, -0.05) is 49.0 Å². The third kappa shape index (κ3) is 5.65. The minimum atomic E-state index is 0.287. The molecule has 8 heteroatoms. The standard InChI is InChI=1S/C27H26ClN5OS/c1-5-8-20(6-2)35-31-15-19-14-29-16-24(28)23(19)17-34-26-10-7-9-21-22(13-18(3)32-27(21)26)25-11-12-30-33(25)4/h5-14,16,31H,1-2,15,17H2,3-4H3/b20-8+. The van der Waals surface area contributed by atoms with Gasteiger partial charge in [-0.15, -0.1) is 0 Å². The summed E-state index contributed by atoms with van der Waals surface area (Å²) in [6.45, 7) is 10.4. The van der Waals surface area contributed by atoms with E-state index in [1.54, 1.807) is 30.7 Å². The number of aromatic nitrogens is 4. The Balaban J connectivity index is 1.60. The predicted octanol–water partition coefficient (Wildman–Crippen LogP) is 6.56. The summed E-state index contributed by atoms with van der Waals surface area (Å²) in [5.74, 6) is 0.693. The molecule has 0 atom stereocenters. The number of aryl methyl sites for hydroxylation is 2. The number of nitrogens with one attached hydrogen (secondary N) is 1. The summed E-state index contributed by atoms with van der Waals surface area (Å²) in [5, 5.41) is 5.88. The number of rotatable bonds is 10. The molecule has 0 fully saturated rings. The van der Waals surface area contributed by atoms with Crippen molar-refractivity contribution in [1.82, 2.24) is 24.5 Å². The largest absolute Gasteiger partial charge is 0.487 e. The molecule has 0 unspecified atom stereocenters. The van der Waals surface area contributed by atoms with Crippen LogP contribution in [0.3, 0.4) is 0 Å². The Hall–Kier alpha value is -3.39. The highest BCUT2D eigenvalue weighted by Gasteiger charge is 2.15. The fourth-order valence-electron chi connectivity index (χ4n) is 3.74. The quantitative estimate of drug-likeness (QED) is 0.195. The Kier molecular flexibility index (Phi) is 8.02. The maximum atomic E-state index is 6.52. The van der Waals surface area contributed by atoms with E-state index >= 15 is 0 Å². The van der Waals surface area contributed by atoms with Crippen molar-refractivity contribution >= 4 is 34.5 Å². The summed E-state index contributed by atoms with van der Waals surface area (Å²) >= 11 is 7.99. The van der Waals surface area contributed by atoms with E-state index in [4.69, 9.17) is 21.3 Å². The van der Waals surface area contributed by atoms with Crippen molar-refractivity contribution in [3.63, 3.8) is 0 Å². The van der Waals surface area contributed by atoms with Gasteiger partial charge in [0.25, 0.3) is 0 Å². The van der Waals surface area contributed by atoms with Crippen molar-refractivity contribution in [2.24, 2.45) is 7.05 Å². The third-order valence-corrected chi connectivity index (χ3v) is 6.58. The summed E-state index contributed by atoms with van der Waals surface area (Å²) in [5.41, 5.74) is 5.61.